The second-order valence-corrected chi connectivity index (χ2v) is 7.64. The van der Waals surface area contributed by atoms with Gasteiger partial charge in [0.25, 0.3) is 0 Å². The predicted octanol–water partition coefficient (Wildman–Crippen LogP) is 4.20. The average Bonchev–Trinajstić information content (AvgIpc) is 3.24. The molecule has 0 radical (unpaired) electrons. The van der Waals surface area contributed by atoms with Crippen molar-refractivity contribution in [2.45, 2.75) is 10.9 Å². The molecule has 5 nitrogen and oxygen atoms in total. The maximum atomic E-state index is 11.6. The quantitative estimate of drug-likeness (QED) is 0.398. The Kier molecular flexibility index (Phi) is 4.19. The SMILES string of the molecule is COC(=O)c1ccc2c(c1)ncn2Cc1ccc2nc(SC)sc2c1. The van der Waals surface area contributed by atoms with Crippen molar-refractivity contribution < 1.29 is 9.53 Å². The van der Waals surface area contributed by atoms with Crippen LogP contribution in [0.15, 0.2) is 47.1 Å². The Bertz CT molecular complexity index is 1080. The van der Waals surface area contributed by atoms with Crippen LogP contribution < -0.4 is 0 Å². The van der Waals surface area contributed by atoms with Gasteiger partial charge in [0.05, 0.1) is 40.3 Å². The number of esters is 1. The molecule has 2 heterocycles. The van der Waals surface area contributed by atoms with Crippen molar-refractivity contribution in [3.63, 3.8) is 0 Å². The van der Waals surface area contributed by atoms with E-state index >= 15 is 0 Å². The van der Waals surface area contributed by atoms with Gasteiger partial charge in [-0.3, -0.25) is 0 Å². The van der Waals surface area contributed by atoms with Crippen LogP contribution in [-0.4, -0.2) is 33.9 Å². The normalized spacial score (nSPS) is 11.3. The smallest absolute Gasteiger partial charge is 0.337 e. The van der Waals surface area contributed by atoms with Gasteiger partial charge in [-0.1, -0.05) is 17.8 Å². The number of carbonyl (C=O) groups is 1. The fourth-order valence-corrected chi connectivity index (χ4v) is 4.32. The number of rotatable bonds is 4. The molecule has 0 amide bonds. The lowest BCUT2D eigenvalue weighted by molar-refractivity contribution is 0.0601. The molecule has 2 aromatic heterocycles. The van der Waals surface area contributed by atoms with E-state index in [2.05, 4.69) is 32.7 Å². The number of fused-ring (bicyclic) bond motifs is 2. The first-order valence-corrected chi connectivity index (χ1v) is 9.69. The summed E-state index contributed by atoms with van der Waals surface area (Å²) in [7, 11) is 1.38. The Morgan fingerprint density at radius 1 is 1.24 bits per heavy atom. The topological polar surface area (TPSA) is 57.0 Å². The molecule has 4 aromatic rings. The number of imidazole rings is 1. The number of carbonyl (C=O) groups excluding carboxylic acids is 1. The lowest BCUT2D eigenvalue weighted by atomic mass is 10.2. The van der Waals surface area contributed by atoms with Crippen LogP contribution in [0.25, 0.3) is 21.3 Å². The summed E-state index contributed by atoms with van der Waals surface area (Å²) in [5.41, 5.74) is 4.51. The number of thioether (sulfide) groups is 1. The molecule has 25 heavy (non-hydrogen) atoms. The highest BCUT2D eigenvalue weighted by atomic mass is 32.2. The minimum absolute atomic E-state index is 0.350. The molecule has 0 N–H and O–H groups in total. The van der Waals surface area contributed by atoms with E-state index in [1.165, 1.54) is 17.4 Å². The van der Waals surface area contributed by atoms with E-state index in [-0.39, 0.29) is 5.97 Å². The monoisotopic (exact) mass is 369 g/mol. The van der Waals surface area contributed by atoms with Crippen LogP contribution in [0.1, 0.15) is 15.9 Å². The number of ether oxygens (including phenoxy) is 1. The molecule has 0 atom stereocenters. The van der Waals surface area contributed by atoms with Crippen LogP contribution in [0.3, 0.4) is 0 Å². The third kappa shape index (κ3) is 3.01. The maximum absolute atomic E-state index is 11.6. The number of aromatic nitrogens is 3. The molecule has 0 bridgehead atoms. The van der Waals surface area contributed by atoms with Crippen LogP contribution in [0, 0.1) is 0 Å². The summed E-state index contributed by atoms with van der Waals surface area (Å²) in [6, 6.07) is 11.8. The van der Waals surface area contributed by atoms with Crippen LogP contribution in [0.5, 0.6) is 0 Å². The number of benzene rings is 2. The number of hydrogen-bond donors (Lipinski definition) is 0. The van der Waals surface area contributed by atoms with Crippen molar-refractivity contribution >= 4 is 50.3 Å². The van der Waals surface area contributed by atoms with E-state index in [0.717, 1.165) is 27.4 Å². The van der Waals surface area contributed by atoms with Crippen LogP contribution in [0.2, 0.25) is 0 Å². The molecule has 0 unspecified atom stereocenters. The molecule has 0 fully saturated rings. The van der Waals surface area contributed by atoms with E-state index < -0.39 is 0 Å². The molecule has 0 aliphatic heterocycles. The van der Waals surface area contributed by atoms with Gasteiger partial charge in [-0.05, 0) is 42.2 Å². The van der Waals surface area contributed by atoms with E-state index in [4.69, 9.17) is 4.74 Å². The van der Waals surface area contributed by atoms with Gasteiger partial charge in [0, 0.05) is 6.54 Å². The maximum Gasteiger partial charge on any atom is 0.337 e. The van der Waals surface area contributed by atoms with E-state index in [9.17, 15) is 4.79 Å². The number of methoxy groups -OCH3 is 1. The van der Waals surface area contributed by atoms with E-state index in [0.29, 0.717) is 5.56 Å². The Hall–Kier alpha value is -2.38. The standard InChI is InChI=1S/C18H15N3O2S2/c1-23-17(22)12-4-6-15-14(8-12)19-10-21(15)9-11-3-5-13-16(7-11)25-18(20-13)24-2/h3-8,10H,9H2,1-2H3. The summed E-state index contributed by atoms with van der Waals surface area (Å²) in [5.74, 6) is -0.350. The van der Waals surface area contributed by atoms with Crippen molar-refractivity contribution in [3.8, 4) is 0 Å². The highest BCUT2D eigenvalue weighted by Gasteiger charge is 2.10. The lowest BCUT2D eigenvalue weighted by Gasteiger charge is -2.05. The van der Waals surface area contributed by atoms with E-state index in [1.807, 2.05) is 12.3 Å². The van der Waals surface area contributed by atoms with Gasteiger partial charge in [0.1, 0.15) is 0 Å². The number of nitrogens with zero attached hydrogens (tertiary/aromatic N) is 3. The predicted molar refractivity (Wildman–Crippen MR) is 102 cm³/mol. The largest absolute Gasteiger partial charge is 0.465 e. The summed E-state index contributed by atoms with van der Waals surface area (Å²) < 4.78 is 9.11. The Morgan fingerprint density at radius 2 is 2.12 bits per heavy atom. The Labute approximate surface area is 152 Å². The third-order valence-electron chi connectivity index (χ3n) is 4.00. The Morgan fingerprint density at radius 3 is 2.92 bits per heavy atom. The molecule has 0 spiro atoms. The minimum atomic E-state index is -0.350. The van der Waals surface area contributed by atoms with Gasteiger partial charge in [-0.25, -0.2) is 14.8 Å². The van der Waals surface area contributed by atoms with Gasteiger partial charge in [0.2, 0.25) is 0 Å². The average molecular weight is 369 g/mol. The van der Waals surface area contributed by atoms with Gasteiger partial charge >= 0.3 is 5.97 Å². The molecule has 0 aliphatic rings. The molecule has 4 rings (SSSR count). The zero-order valence-corrected chi connectivity index (χ0v) is 15.4. The summed E-state index contributed by atoms with van der Waals surface area (Å²) >= 11 is 3.38. The molecular formula is C18H15N3O2S2. The van der Waals surface area contributed by atoms with E-state index in [1.54, 1.807) is 41.6 Å². The van der Waals surface area contributed by atoms with Gasteiger partial charge in [0.15, 0.2) is 4.34 Å². The molecule has 2 aromatic carbocycles. The first-order chi connectivity index (χ1) is 12.2. The van der Waals surface area contributed by atoms with Crippen molar-refractivity contribution in [1.82, 2.24) is 14.5 Å². The van der Waals surface area contributed by atoms with Crippen molar-refractivity contribution in [2.24, 2.45) is 0 Å². The van der Waals surface area contributed by atoms with Gasteiger partial charge < -0.3 is 9.30 Å². The second kappa shape index (κ2) is 6.50. The lowest BCUT2D eigenvalue weighted by Crippen LogP contribution is -2.01. The fraction of sp³-hybridized carbons (Fsp3) is 0.167. The minimum Gasteiger partial charge on any atom is -0.465 e. The van der Waals surface area contributed by atoms with Crippen LogP contribution >= 0.6 is 23.1 Å². The second-order valence-electron chi connectivity index (χ2n) is 5.55. The summed E-state index contributed by atoms with van der Waals surface area (Å²) in [6.45, 7) is 0.719. The highest BCUT2D eigenvalue weighted by molar-refractivity contribution is 8.00. The van der Waals surface area contributed by atoms with Gasteiger partial charge in [-0.15, -0.1) is 11.3 Å². The molecule has 0 saturated carbocycles. The molecular weight excluding hydrogens is 354 g/mol. The van der Waals surface area contributed by atoms with Crippen molar-refractivity contribution in [1.29, 1.82) is 0 Å². The zero-order valence-electron chi connectivity index (χ0n) is 13.7. The summed E-state index contributed by atoms with van der Waals surface area (Å²) in [5, 5.41) is 0. The number of thiazole rings is 1. The molecule has 126 valence electrons. The van der Waals surface area contributed by atoms with Crippen LogP contribution in [-0.2, 0) is 11.3 Å². The highest BCUT2D eigenvalue weighted by Crippen LogP contribution is 2.29. The van der Waals surface area contributed by atoms with Crippen molar-refractivity contribution in [2.75, 3.05) is 13.4 Å². The first kappa shape index (κ1) is 16.1. The number of hydrogen-bond acceptors (Lipinski definition) is 6. The molecule has 0 aliphatic carbocycles. The summed E-state index contributed by atoms with van der Waals surface area (Å²) in [6.07, 6.45) is 3.84. The van der Waals surface area contributed by atoms with Crippen LogP contribution in [0.4, 0.5) is 0 Å². The zero-order chi connectivity index (χ0) is 17.4. The third-order valence-corrected chi connectivity index (χ3v) is 6.01. The van der Waals surface area contributed by atoms with Gasteiger partial charge in [-0.2, -0.15) is 0 Å². The molecule has 7 heteroatoms. The Balaban J connectivity index is 1.67. The first-order valence-electron chi connectivity index (χ1n) is 7.64. The summed E-state index contributed by atoms with van der Waals surface area (Å²) in [4.78, 5) is 20.6. The van der Waals surface area contributed by atoms with Crippen molar-refractivity contribution in [3.05, 3.63) is 53.9 Å². The fourth-order valence-electron chi connectivity index (χ4n) is 2.76. The molecule has 0 saturated heterocycles.